The van der Waals surface area contributed by atoms with Crippen LogP contribution >= 0.6 is 0 Å². The average molecular weight is 417 g/mol. The smallest absolute Gasteiger partial charge is 0.310 e. The van der Waals surface area contributed by atoms with E-state index in [4.69, 9.17) is 14.2 Å². The Morgan fingerprint density at radius 2 is 2.03 bits per heavy atom. The lowest BCUT2D eigenvalue weighted by atomic mass is 9.99. The number of carbonyl (C=O) groups excluding carboxylic acids is 1. The number of aromatic nitrogens is 1. The van der Waals surface area contributed by atoms with Gasteiger partial charge in [-0.25, -0.2) is 0 Å². The number of esters is 1. The molecular formula is C22H32N4O4. The minimum absolute atomic E-state index is 0.105. The van der Waals surface area contributed by atoms with Crippen molar-refractivity contribution in [1.82, 2.24) is 15.2 Å². The number of carbonyl (C=O) groups is 1. The molecule has 3 rings (SSSR count). The molecule has 0 bridgehead atoms. The van der Waals surface area contributed by atoms with Gasteiger partial charge in [-0.2, -0.15) is 0 Å². The summed E-state index contributed by atoms with van der Waals surface area (Å²) < 4.78 is 15.8. The van der Waals surface area contributed by atoms with Gasteiger partial charge >= 0.3 is 5.97 Å². The van der Waals surface area contributed by atoms with E-state index in [0.29, 0.717) is 6.54 Å². The number of benzene rings is 1. The molecule has 2 N–H and O–H groups in total. The van der Waals surface area contributed by atoms with Crippen LogP contribution in [0.15, 0.2) is 23.2 Å². The van der Waals surface area contributed by atoms with Crippen molar-refractivity contribution < 1.29 is 19.0 Å². The molecule has 1 aromatic heterocycles. The van der Waals surface area contributed by atoms with Gasteiger partial charge in [0.15, 0.2) is 5.96 Å². The van der Waals surface area contributed by atoms with Crippen molar-refractivity contribution in [2.45, 2.75) is 19.8 Å². The maximum Gasteiger partial charge on any atom is 0.310 e. The van der Waals surface area contributed by atoms with Gasteiger partial charge in [0.25, 0.3) is 0 Å². The number of H-pyrrole nitrogens is 1. The highest BCUT2D eigenvalue weighted by molar-refractivity contribution is 5.88. The standard InChI is InChI=1S/C22H32N4O4/c1-14-12-26(13-18(14)21(27)30-5)22(23-2)24-8-6-7-15-9-17-19(25-15)10-16(28-3)11-20(17)29-4/h9-11,14,18,25H,6-8,12-13H2,1-5H3,(H,23,24). The van der Waals surface area contributed by atoms with Crippen LogP contribution in [0.3, 0.4) is 0 Å². The lowest BCUT2D eigenvalue weighted by Gasteiger charge is -2.21. The van der Waals surface area contributed by atoms with E-state index < -0.39 is 0 Å². The van der Waals surface area contributed by atoms with Crippen molar-refractivity contribution in [3.8, 4) is 11.5 Å². The Balaban J connectivity index is 1.55. The average Bonchev–Trinajstić information content (AvgIpc) is 3.35. The Morgan fingerprint density at radius 3 is 2.70 bits per heavy atom. The molecular weight excluding hydrogens is 384 g/mol. The van der Waals surface area contributed by atoms with Gasteiger partial charge in [-0.3, -0.25) is 9.79 Å². The zero-order chi connectivity index (χ0) is 21.7. The Kier molecular flexibility index (Phi) is 7.07. The van der Waals surface area contributed by atoms with E-state index in [1.54, 1.807) is 21.3 Å². The molecule has 0 amide bonds. The molecule has 2 aromatic rings. The van der Waals surface area contributed by atoms with Crippen molar-refractivity contribution >= 4 is 22.8 Å². The molecule has 0 radical (unpaired) electrons. The fourth-order valence-electron chi connectivity index (χ4n) is 4.07. The number of aliphatic imine (C=N–C) groups is 1. The van der Waals surface area contributed by atoms with Crippen LogP contribution in [0.25, 0.3) is 10.9 Å². The summed E-state index contributed by atoms with van der Waals surface area (Å²) in [6.07, 6.45) is 1.83. The summed E-state index contributed by atoms with van der Waals surface area (Å²) >= 11 is 0. The summed E-state index contributed by atoms with van der Waals surface area (Å²) in [7, 11) is 6.54. The van der Waals surface area contributed by atoms with Crippen molar-refractivity contribution in [2.75, 3.05) is 48.0 Å². The van der Waals surface area contributed by atoms with Gasteiger partial charge in [0.05, 0.1) is 32.8 Å². The van der Waals surface area contributed by atoms with Crippen molar-refractivity contribution in [2.24, 2.45) is 16.8 Å². The van der Waals surface area contributed by atoms with Crippen LogP contribution in [0, 0.1) is 11.8 Å². The number of hydrogen-bond donors (Lipinski definition) is 2. The molecule has 0 saturated carbocycles. The van der Waals surface area contributed by atoms with Crippen LogP contribution in [0.1, 0.15) is 19.0 Å². The van der Waals surface area contributed by atoms with Gasteiger partial charge in [-0.15, -0.1) is 0 Å². The predicted octanol–water partition coefficient (Wildman–Crippen LogP) is 2.43. The van der Waals surface area contributed by atoms with Gasteiger partial charge < -0.3 is 29.4 Å². The van der Waals surface area contributed by atoms with Crippen LogP contribution in [0.2, 0.25) is 0 Å². The molecule has 30 heavy (non-hydrogen) atoms. The second-order valence-corrected chi connectivity index (χ2v) is 7.67. The fraction of sp³-hybridized carbons (Fsp3) is 0.545. The van der Waals surface area contributed by atoms with Crippen molar-refractivity contribution in [3.63, 3.8) is 0 Å². The number of hydrogen-bond acceptors (Lipinski definition) is 5. The van der Waals surface area contributed by atoms with E-state index >= 15 is 0 Å². The lowest BCUT2D eigenvalue weighted by Crippen LogP contribution is -2.41. The van der Waals surface area contributed by atoms with Crippen LogP contribution in [0.5, 0.6) is 11.5 Å². The first-order chi connectivity index (χ1) is 14.5. The number of rotatable bonds is 7. The van der Waals surface area contributed by atoms with Crippen LogP contribution in [0.4, 0.5) is 0 Å². The number of nitrogens with zero attached hydrogens (tertiary/aromatic N) is 2. The minimum Gasteiger partial charge on any atom is -0.497 e. The van der Waals surface area contributed by atoms with Gasteiger partial charge in [0.2, 0.25) is 0 Å². The summed E-state index contributed by atoms with van der Waals surface area (Å²) in [5.74, 6) is 2.39. The summed E-state index contributed by atoms with van der Waals surface area (Å²) in [5, 5.41) is 4.47. The lowest BCUT2D eigenvalue weighted by molar-refractivity contribution is -0.145. The van der Waals surface area contributed by atoms with Gasteiger partial charge in [-0.1, -0.05) is 6.92 Å². The molecule has 1 fully saturated rings. The first kappa shape index (κ1) is 21.8. The number of guanidine groups is 1. The zero-order valence-corrected chi connectivity index (χ0v) is 18.4. The zero-order valence-electron chi connectivity index (χ0n) is 18.4. The Labute approximate surface area is 177 Å². The monoisotopic (exact) mass is 416 g/mol. The van der Waals surface area contributed by atoms with Gasteiger partial charge in [0, 0.05) is 49.9 Å². The second-order valence-electron chi connectivity index (χ2n) is 7.67. The quantitative estimate of drug-likeness (QED) is 0.312. The largest absolute Gasteiger partial charge is 0.497 e. The molecule has 2 atom stereocenters. The molecule has 1 aliphatic heterocycles. The van der Waals surface area contributed by atoms with E-state index in [1.807, 2.05) is 12.1 Å². The van der Waals surface area contributed by atoms with Crippen molar-refractivity contribution in [1.29, 1.82) is 0 Å². The summed E-state index contributed by atoms with van der Waals surface area (Å²) in [5.41, 5.74) is 2.15. The number of aryl methyl sites for hydroxylation is 1. The topological polar surface area (TPSA) is 88.2 Å². The number of methoxy groups -OCH3 is 3. The van der Waals surface area contributed by atoms with Crippen LogP contribution in [-0.2, 0) is 16.0 Å². The summed E-state index contributed by atoms with van der Waals surface area (Å²) in [4.78, 5) is 21.9. The Morgan fingerprint density at radius 1 is 1.23 bits per heavy atom. The Hall–Kier alpha value is -2.90. The normalized spacial score (nSPS) is 19.2. The van der Waals surface area contributed by atoms with E-state index in [1.165, 1.54) is 7.11 Å². The van der Waals surface area contributed by atoms with Gasteiger partial charge in [0.1, 0.15) is 11.5 Å². The van der Waals surface area contributed by atoms with E-state index in [-0.39, 0.29) is 17.8 Å². The number of aromatic amines is 1. The van der Waals surface area contributed by atoms with E-state index in [9.17, 15) is 4.79 Å². The second kappa shape index (κ2) is 9.73. The summed E-state index contributed by atoms with van der Waals surface area (Å²) in [6.45, 7) is 4.30. The highest BCUT2D eigenvalue weighted by Gasteiger charge is 2.36. The molecule has 2 unspecified atom stereocenters. The third-order valence-corrected chi connectivity index (χ3v) is 5.72. The minimum atomic E-state index is -0.147. The predicted molar refractivity (Wildman–Crippen MR) is 117 cm³/mol. The molecule has 8 nitrogen and oxygen atoms in total. The van der Waals surface area contributed by atoms with E-state index in [2.05, 4.69) is 33.2 Å². The number of fused-ring (bicyclic) bond motifs is 1. The maximum absolute atomic E-state index is 11.9. The molecule has 2 heterocycles. The number of ether oxygens (including phenoxy) is 3. The number of nitrogens with one attached hydrogen (secondary N) is 2. The van der Waals surface area contributed by atoms with Crippen LogP contribution in [-0.4, -0.2) is 69.8 Å². The molecule has 1 aromatic carbocycles. The van der Waals surface area contributed by atoms with Gasteiger partial charge in [-0.05, 0) is 24.8 Å². The first-order valence-electron chi connectivity index (χ1n) is 10.3. The SMILES string of the molecule is CN=C(NCCCc1cc2c(OC)cc(OC)cc2[nH]1)N1CC(C)C(C(=O)OC)C1. The molecule has 0 aliphatic carbocycles. The first-order valence-corrected chi connectivity index (χ1v) is 10.3. The molecule has 1 saturated heterocycles. The summed E-state index contributed by atoms with van der Waals surface area (Å²) in [6, 6.07) is 6.00. The highest BCUT2D eigenvalue weighted by atomic mass is 16.5. The van der Waals surface area contributed by atoms with Crippen molar-refractivity contribution in [3.05, 3.63) is 23.9 Å². The van der Waals surface area contributed by atoms with Crippen LogP contribution < -0.4 is 14.8 Å². The fourth-order valence-corrected chi connectivity index (χ4v) is 4.07. The maximum atomic E-state index is 11.9. The number of likely N-dealkylation sites (tertiary alicyclic amines) is 1. The van der Waals surface area contributed by atoms with E-state index in [0.717, 1.165) is 60.0 Å². The Bertz CT molecular complexity index is 908. The third-order valence-electron chi connectivity index (χ3n) is 5.72. The molecule has 0 spiro atoms. The molecule has 8 heteroatoms. The molecule has 164 valence electrons. The third kappa shape index (κ3) is 4.63. The molecule has 1 aliphatic rings. The highest BCUT2D eigenvalue weighted by Crippen LogP contribution is 2.31.